The molecule has 5 aromatic heterocycles. The summed E-state index contributed by atoms with van der Waals surface area (Å²) in [7, 11) is -2.13. The molecule has 19 nitrogen and oxygen atoms in total. The van der Waals surface area contributed by atoms with Crippen molar-refractivity contribution >= 4 is 67.1 Å². The number of pyridine rings is 2. The number of aryl methyl sites for hydroxylation is 2. The average molecular weight is 1090 g/mol. The number of thiazole rings is 1. The van der Waals surface area contributed by atoms with E-state index in [0.717, 1.165) is 28.6 Å². The van der Waals surface area contributed by atoms with E-state index in [2.05, 4.69) is 35.7 Å². The number of ether oxygens (including phenoxy) is 1. The summed E-state index contributed by atoms with van der Waals surface area (Å²) in [5.74, 6) is -4.24. The number of likely N-dealkylation sites (tertiary alicyclic amines) is 1. The van der Waals surface area contributed by atoms with Crippen LogP contribution in [-0.4, -0.2) is 105 Å². The van der Waals surface area contributed by atoms with E-state index < -0.39 is 62.6 Å². The van der Waals surface area contributed by atoms with Crippen LogP contribution < -0.4 is 25.8 Å². The van der Waals surface area contributed by atoms with Gasteiger partial charge in [-0.05, 0) is 78.6 Å². The van der Waals surface area contributed by atoms with E-state index in [-0.39, 0.29) is 89.8 Å². The number of H-pyrrole nitrogens is 1. The van der Waals surface area contributed by atoms with Crippen LogP contribution in [0.3, 0.4) is 0 Å². The fourth-order valence-electron chi connectivity index (χ4n) is 10.5. The number of β-amino-alcohol motifs (C(OH)–C–C–N with tert-alkyl or cyclic N) is 1. The van der Waals surface area contributed by atoms with Crippen molar-refractivity contribution in [3.05, 3.63) is 128 Å². The van der Waals surface area contributed by atoms with Gasteiger partial charge in [0.05, 0.1) is 59.0 Å². The Hall–Kier alpha value is -7.63. The Balaban J connectivity index is 0.776. The number of halogens is 2. The second-order valence-corrected chi connectivity index (χ2v) is 23.4. The van der Waals surface area contributed by atoms with E-state index in [0.29, 0.717) is 58.8 Å². The number of rotatable bonds is 17. The number of nitrogens with one attached hydrogen (secondary N) is 3. The lowest BCUT2D eigenvalue weighted by molar-refractivity contribution is -0.134. The summed E-state index contributed by atoms with van der Waals surface area (Å²) in [6.07, 6.45) is 6.12. The first kappa shape index (κ1) is 52.8. The van der Waals surface area contributed by atoms with Crippen molar-refractivity contribution in [1.82, 2.24) is 40.2 Å². The Kier molecular flexibility index (Phi) is 14.2. The number of hydrogen-bond acceptors (Lipinski definition) is 15. The zero-order valence-electron chi connectivity index (χ0n) is 43.0. The molecule has 4 atom stereocenters. The lowest BCUT2D eigenvalue weighted by atomic mass is 9.90. The highest BCUT2D eigenvalue weighted by Crippen LogP contribution is 2.45. The molecule has 1 fully saturated rings. The summed E-state index contributed by atoms with van der Waals surface area (Å²) in [6.45, 7) is 7.87. The normalized spacial score (nSPS) is 18.6. The summed E-state index contributed by atoms with van der Waals surface area (Å²) < 4.78 is 68.4. The molecule has 8 heterocycles. The minimum atomic E-state index is -3.70. The van der Waals surface area contributed by atoms with Gasteiger partial charge >= 0.3 is 0 Å². The third-order valence-electron chi connectivity index (χ3n) is 14.4. The summed E-state index contributed by atoms with van der Waals surface area (Å²) in [6, 6.07) is 12.3. The van der Waals surface area contributed by atoms with Gasteiger partial charge in [-0.3, -0.25) is 19.2 Å². The van der Waals surface area contributed by atoms with Crippen molar-refractivity contribution in [3.63, 3.8) is 0 Å². The van der Waals surface area contributed by atoms with Gasteiger partial charge in [0.25, 0.3) is 23.3 Å². The highest BCUT2D eigenvalue weighted by molar-refractivity contribution is 7.89. The number of carbonyl (C=O) groups excluding carboxylic acids is 3. The first-order valence-corrected chi connectivity index (χ1v) is 28.0. The second-order valence-electron chi connectivity index (χ2n) is 20.4. The summed E-state index contributed by atoms with van der Waals surface area (Å²) in [5, 5.41) is 21.7. The zero-order valence-corrected chi connectivity index (χ0v) is 44.7. The molecule has 23 heteroatoms. The van der Waals surface area contributed by atoms with Crippen LogP contribution in [0.2, 0.25) is 0 Å². The number of aromatic nitrogens is 5. The first-order valence-electron chi connectivity index (χ1n) is 25.1. The van der Waals surface area contributed by atoms with E-state index in [1.54, 1.807) is 48.9 Å². The number of benzene rings is 2. The predicted octanol–water partition coefficient (Wildman–Crippen LogP) is 6.95. The van der Waals surface area contributed by atoms with Crippen molar-refractivity contribution in [3.8, 4) is 27.4 Å². The third-order valence-corrected chi connectivity index (χ3v) is 16.2. The van der Waals surface area contributed by atoms with E-state index >= 15 is 4.39 Å². The number of aliphatic hydroxyl groups is 1. The van der Waals surface area contributed by atoms with Crippen molar-refractivity contribution in [2.24, 2.45) is 18.0 Å². The Bertz CT molecular complexity index is 3680. The monoisotopic (exact) mass is 1090 g/mol. The Morgan fingerprint density at radius 1 is 1.06 bits per heavy atom. The van der Waals surface area contributed by atoms with Crippen LogP contribution >= 0.6 is 11.3 Å². The largest absolute Gasteiger partial charge is 0.476 e. The summed E-state index contributed by atoms with van der Waals surface area (Å²) in [4.78, 5) is 75.2. The molecular formula is C54H56F2N10O9S2. The molecule has 0 spiro atoms. The van der Waals surface area contributed by atoms with Gasteiger partial charge in [-0.1, -0.05) is 38.1 Å². The number of amidine groups is 1. The van der Waals surface area contributed by atoms with Crippen LogP contribution in [0.4, 0.5) is 20.3 Å². The van der Waals surface area contributed by atoms with Crippen molar-refractivity contribution in [2.45, 2.75) is 89.3 Å². The number of amides is 3. The number of sulfone groups is 1. The standard InChI is InChI=1S/C54H56F2N10O9S2/c1-28(2)44(51(69)66-24-35(67)18-41(66)48-61-53(71)54(4,62-48)33-12-10-30(11-13-33)47-29(3)60-27-76-47)42-20-43(63-75-42)74-15-9-7-8-14-57-50(68)36-19-40-37(16-31(36)26-77(6,72)73)38-25-64(5)52(70)46-45(38)32(21-58-46)23-65(40)49-39(56)17-34(55)22-59-49/h10-13,16-17,19-22,25,27-28,35,41,44,58,67H,7-9,14-15,18,23-24,26H2,1-6H3,(H,57,68)(H,61,62,71). The average Bonchev–Trinajstić information content (AvgIpc) is 4.34. The summed E-state index contributed by atoms with van der Waals surface area (Å²) in [5.41, 5.74) is 5.20. The maximum Gasteiger partial charge on any atom is 0.277 e. The van der Waals surface area contributed by atoms with Crippen LogP contribution in [0.15, 0.2) is 86.9 Å². The Morgan fingerprint density at radius 2 is 1.84 bits per heavy atom. The molecule has 77 heavy (non-hydrogen) atoms. The molecule has 1 saturated heterocycles. The van der Waals surface area contributed by atoms with Crippen LogP contribution in [0.1, 0.15) is 90.9 Å². The maximum atomic E-state index is 15.6. The number of aliphatic imine (C=N–C) groups is 1. The smallest absolute Gasteiger partial charge is 0.277 e. The van der Waals surface area contributed by atoms with Gasteiger partial charge in [-0.2, -0.15) is 4.99 Å². The molecule has 0 bridgehead atoms. The number of unbranched alkanes of at least 4 members (excludes halogenated alkanes) is 2. The predicted molar refractivity (Wildman–Crippen MR) is 285 cm³/mol. The molecule has 3 aliphatic rings. The van der Waals surface area contributed by atoms with Gasteiger partial charge in [0.2, 0.25) is 5.91 Å². The van der Waals surface area contributed by atoms with Crippen LogP contribution in [0.5, 0.6) is 5.88 Å². The lowest BCUT2D eigenvalue weighted by Gasteiger charge is -2.31. The number of nitrogens with zero attached hydrogens (tertiary/aromatic N) is 7. The van der Waals surface area contributed by atoms with Gasteiger partial charge < -0.3 is 44.4 Å². The number of aromatic amines is 1. The van der Waals surface area contributed by atoms with E-state index in [9.17, 15) is 37.1 Å². The molecular weight excluding hydrogens is 1030 g/mol. The molecule has 10 rings (SSSR count). The van der Waals surface area contributed by atoms with Gasteiger partial charge in [0.15, 0.2) is 27.2 Å². The van der Waals surface area contributed by atoms with Gasteiger partial charge in [0, 0.05) is 79.4 Å². The number of hydrogen-bond donors (Lipinski definition) is 4. The van der Waals surface area contributed by atoms with Gasteiger partial charge in [-0.15, -0.1) is 11.3 Å². The minimum Gasteiger partial charge on any atom is -0.476 e. The lowest BCUT2D eigenvalue weighted by Crippen LogP contribution is -2.51. The van der Waals surface area contributed by atoms with Crippen molar-refractivity contribution in [2.75, 3.05) is 30.9 Å². The highest BCUT2D eigenvalue weighted by Gasteiger charge is 2.49. The fraction of sp³-hybridized carbons (Fsp3) is 0.370. The van der Waals surface area contributed by atoms with Gasteiger partial charge in [-0.25, -0.2) is 27.2 Å². The third kappa shape index (κ3) is 10.3. The van der Waals surface area contributed by atoms with Crippen molar-refractivity contribution < 1.29 is 45.9 Å². The topological polar surface area (TPSA) is 247 Å². The highest BCUT2D eigenvalue weighted by atomic mass is 32.2. The van der Waals surface area contributed by atoms with E-state index in [1.807, 2.05) is 45.0 Å². The molecule has 3 aliphatic heterocycles. The molecule has 0 aliphatic carbocycles. The number of fused-ring (bicyclic) bond motifs is 2. The molecule has 7 aromatic rings. The molecule has 2 aromatic carbocycles. The van der Waals surface area contributed by atoms with Gasteiger partial charge in [0.1, 0.15) is 28.6 Å². The van der Waals surface area contributed by atoms with E-state index in [1.165, 1.54) is 26.9 Å². The maximum absolute atomic E-state index is 15.6. The SMILES string of the molecule is Cc1ncsc1-c1ccc(C2(C)NC(C3CC(O)CN3C(=O)C(c3cc(OCCCCCNC(=O)c4cc5c(cc4CS(C)(=O)=O)-c4cn(C)c(=O)c6[nH]cc(c46)CN5c4ncc(F)cc4F)no3)C(C)C)=NC2=O)cc1. The second kappa shape index (κ2) is 20.7. The quantitative estimate of drug-likeness (QED) is 0.0675. The van der Waals surface area contributed by atoms with Crippen molar-refractivity contribution in [1.29, 1.82) is 0 Å². The molecule has 402 valence electrons. The Labute approximate surface area is 445 Å². The minimum absolute atomic E-state index is 0.0259. The zero-order chi connectivity index (χ0) is 54.7. The summed E-state index contributed by atoms with van der Waals surface area (Å²) >= 11 is 1.54. The van der Waals surface area contributed by atoms with Crippen LogP contribution in [0, 0.1) is 24.5 Å². The van der Waals surface area contributed by atoms with Crippen LogP contribution in [0.25, 0.3) is 32.5 Å². The molecule has 3 amide bonds. The molecule has 0 saturated carbocycles. The molecule has 4 unspecified atom stereocenters. The number of carbonyl (C=O) groups is 3. The Morgan fingerprint density at radius 3 is 2.56 bits per heavy atom. The van der Waals surface area contributed by atoms with Crippen LogP contribution in [-0.2, 0) is 44.3 Å². The molecule has 0 radical (unpaired) electrons. The number of aliphatic hydroxyl groups excluding tert-OH is 1. The first-order chi connectivity index (χ1) is 36.7. The van der Waals surface area contributed by atoms with E-state index in [4.69, 9.17) is 9.26 Å². The number of anilines is 2. The fourth-order valence-corrected chi connectivity index (χ4v) is 12.2. The molecule has 4 N–H and O–H groups in total.